The predicted octanol–water partition coefficient (Wildman–Crippen LogP) is 1.96. The van der Waals surface area contributed by atoms with Gasteiger partial charge in [0.2, 0.25) is 0 Å². The average Bonchev–Trinajstić information content (AvgIpc) is 2.40. The molecule has 0 radical (unpaired) electrons. The van der Waals surface area contributed by atoms with E-state index in [1.165, 1.54) is 19.2 Å². The Bertz CT molecular complexity index is 563. The number of aliphatic carboxylic acids is 1. The number of aliphatic hydroxyl groups is 1. The van der Waals surface area contributed by atoms with Crippen LogP contribution in [0.3, 0.4) is 0 Å². The van der Waals surface area contributed by atoms with Gasteiger partial charge in [0.15, 0.2) is 5.60 Å². The largest absolute Gasteiger partial charge is 0.495 e. The van der Waals surface area contributed by atoms with E-state index in [4.69, 9.17) is 33.0 Å². The van der Waals surface area contributed by atoms with Crippen LogP contribution in [0.2, 0.25) is 10.0 Å². The summed E-state index contributed by atoms with van der Waals surface area (Å²) in [5.74, 6) is -1.17. The normalized spacial score (nSPS) is 13.2. The number of nitrogens with one attached hydrogen (secondary N) is 2. The molecule has 0 spiro atoms. The van der Waals surface area contributed by atoms with Crippen molar-refractivity contribution in [2.75, 3.05) is 19.0 Å². The molecule has 116 valence electrons. The topological polar surface area (TPSA) is 108 Å². The van der Waals surface area contributed by atoms with E-state index in [1.807, 2.05) is 0 Å². The summed E-state index contributed by atoms with van der Waals surface area (Å²) in [6.45, 7) is 0.590. The molecule has 1 rings (SSSR count). The number of carboxylic acids is 1. The van der Waals surface area contributed by atoms with Gasteiger partial charge in [-0.3, -0.25) is 0 Å². The van der Waals surface area contributed by atoms with Crippen molar-refractivity contribution in [2.45, 2.75) is 12.5 Å². The minimum atomic E-state index is -2.07. The standard InChI is InChI=1S/C12H14Cl2N2O5/c1-12(20,10(17)18)5-15-11(19)16-8-3-6(13)7(14)4-9(8)21-2/h3-4,20H,5H2,1-2H3,(H,17,18)(H2,15,16,19). The molecule has 7 nitrogen and oxygen atoms in total. The van der Waals surface area contributed by atoms with Crippen molar-refractivity contribution < 1.29 is 24.5 Å². The van der Waals surface area contributed by atoms with Gasteiger partial charge >= 0.3 is 12.0 Å². The minimum Gasteiger partial charge on any atom is -0.495 e. The second-order valence-corrected chi connectivity index (χ2v) is 5.17. The minimum absolute atomic E-state index is 0.213. The molecule has 21 heavy (non-hydrogen) atoms. The highest BCUT2D eigenvalue weighted by Crippen LogP contribution is 2.33. The highest BCUT2D eigenvalue weighted by molar-refractivity contribution is 6.42. The zero-order chi connectivity index (χ0) is 16.2. The zero-order valence-electron chi connectivity index (χ0n) is 11.2. The lowest BCUT2D eigenvalue weighted by Crippen LogP contribution is -2.47. The summed E-state index contributed by atoms with van der Waals surface area (Å²) in [4.78, 5) is 22.4. The lowest BCUT2D eigenvalue weighted by atomic mass is 10.1. The van der Waals surface area contributed by atoms with Crippen LogP contribution in [0.4, 0.5) is 10.5 Å². The van der Waals surface area contributed by atoms with E-state index in [1.54, 1.807) is 0 Å². The van der Waals surface area contributed by atoms with Crippen molar-refractivity contribution in [3.05, 3.63) is 22.2 Å². The number of carbonyl (C=O) groups is 2. The van der Waals surface area contributed by atoms with Crippen LogP contribution in [0.15, 0.2) is 12.1 Å². The highest BCUT2D eigenvalue weighted by Gasteiger charge is 2.30. The first-order valence-corrected chi connectivity index (χ1v) is 6.46. The van der Waals surface area contributed by atoms with Crippen molar-refractivity contribution in [3.63, 3.8) is 0 Å². The summed E-state index contributed by atoms with van der Waals surface area (Å²) < 4.78 is 5.04. The average molecular weight is 337 g/mol. The Morgan fingerprint density at radius 2 is 1.90 bits per heavy atom. The number of methoxy groups -OCH3 is 1. The molecule has 0 saturated heterocycles. The number of amides is 2. The Morgan fingerprint density at radius 3 is 2.43 bits per heavy atom. The quantitative estimate of drug-likeness (QED) is 0.657. The van der Waals surface area contributed by atoms with E-state index in [0.29, 0.717) is 0 Å². The Balaban J connectivity index is 2.76. The van der Waals surface area contributed by atoms with Crippen molar-refractivity contribution in [1.29, 1.82) is 0 Å². The van der Waals surface area contributed by atoms with Crippen LogP contribution in [-0.2, 0) is 4.79 Å². The number of hydrogen-bond acceptors (Lipinski definition) is 4. The Morgan fingerprint density at radius 1 is 1.33 bits per heavy atom. The van der Waals surface area contributed by atoms with Gasteiger partial charge in [0, 0.05) is 6.07 Å². The van der Waals surface area contributed by atoms with Crippen LogP contribution in [0.25, 0.3) is 0 Å². The molecule has 1 aromatic carbocycles. The smallest absolute Gasteiger partial charge is 0.337 e. The van der Waals surface area contributed by atoms with E-state index in [0.717, 1.165) is 6.92 Å². The summed E-state index contributed by atoms with van der Waals surface area (Å²) in [5.41, 5.74) is -1.82. The third-order valence-corrected chi connectivity index (χ3v) is 3.27. The molecule has 9 heteroatoms. The molecule has 1 atom stereocenters. The number of hydrogen-bond donors (Lipinski definition) is 4. The third kappa shape index (κ3) is 4.66. The molecule has 0 fully saturated rings. The number of rotatable bonds is 5. The maximum Gasteiger partial charge on any atom is 0.337 e. The number of carbonyl (C=O) groups excluding carboxylic acids is 1. The Kier molecular flexibility index (Phi) is 5.65. The van der Waals surface area contributed by atoms with Gasteiger partial charge in [-0.05, 0) is 13.0 Å². The van der Waals surface area contributed by atoms with Gasteiger partial charge in [-0.2, -0.15) is 0 Å². The van der Waals surface area contributed by atoms with E-state index in [2.05, 4.69) is 10.6 Å². The van der Waals surface area contributed by atoms with Crippen molar-refractivity contribution in [3.8, 4) is 5.75 Å². The molecule has 4 N–H and O–H groups in total. The fourth-order valence-corrected chi connectivity index (χ4v) is 1.61. The molecule has 0 aliphatic heterocycles. The predicted molar refractivity (Wildman–Crippen MR) is 78.3 cm³/mol. The molecule has 0 bridgehead atoms. The molecule has 0 aliphatic rings. The van der Waals surface area contributed by atoms with Gasteiger partial charge in [-0.15, -0.1) is 0 Å². The van der Waals surface area contributed by atoms with Gasteiger partial charge in [-0.1, -0.05) is 23.2 Å². The number of benzene rings is 1. The van der Waals surface area contributed by atoms with Gasteiger partial charge in [-0.25, -0.2) is 9.59 Å². The Labute approximate surface area is 130 Å². The summed E-state index contributed by atoms with van der Waals surface area (Å²) in [5, 5.41) is 23.3. The summed E-state index contributed by atoms with van der Waals surface area (Å²) in [7, 11) is 1.39. The summed E-state index contributed by atoms with van der Waals surface area (Å²) in [6.07, 6.45) is 0. The number of carboxylic acid groups (broad SMARTS) is 1. The fraction of sp³-hybridized carbons (Fsp3) is 0.333. The molecular weight excluding hydrogens is 323 g/mol. The molecule has 1 unspecified atom stereocenters. The lowest BCUT2D eigenvalue weighted by Gasteiger charge is -2.19. The molecule has 2 amide bonds. The second kappa shape index (κ2) is 6.84. The first kappa shape index (κ1) is 17.4. The SMILES string of the molecule is COc1cc(Cl)c(Cl)cc1NC(=O)NCC(C)(O)C(=O)O. The van der Waals surface area contributed by atoms with E-state index < -0.39 is 24.1 Å². The number of ether oxygens (including phenoxy) is 1. The monoisotopic (exact) mass is 336 g/mol. The number of halogens is 2. The van der Waals surface area contributed by atoms with Crippen LogP contribution in [0.1, 0.15) is 6.92 Å². The fourth-order valence-electron chi connectivity index (χ4n) is 1.29. The van der Waals surface area contributed by atoms with Gasteiger partial charge < -0.3 is 25.6 Å². The number of urea groups is 1. The van der Waals surface area contributed by atoms with Crippen LogP contribution in [-0.4, -0.2) is 41.5 Å². The maximum absolute atomic E-state index is 11.7. The molecule has 0 aromatic heterocycles. The van der Waals surface area contributed by atoms with Crippen molar-refractivity contribution in [1.82, 2.24) is 5.32 Å². The van der Waals surface area contributed by atoms with Crippen LogP contribution >= 0.6 is 23.2 Å². The van der Waals surface area contributed by atoms with Gasteiger partial charge in [0.1, 0.15) is 5.75 Å². The van der Waals surface area contributed by atoms with Crippen molar-refractivity contribution >= 4 is 40.9 Å². The van der Waals surface area contributed by atoms with Crippen molar-refractivity contribution in [2.24, 2.45) is 0 Å². The molecule has 0 heterocycles. The van der Waals surface area contributed by atoms with Gasteiger partial charge in [0.05, 0.1) is 29.4 Å². The summed E-state index contributed by atoms with van der Waals surface area (Å²) in [6, 6.07) is 2.08. The first-order valence-electron chi connectivity index (χ1n) is 5.71. The molecular formula is C12H14Cl2N2O5. The zero-order valence-corrected chi connectivity index (χ0v) is 12.7. The van der Waals surface area contributed by atoms with E-state index >= 15 is 0 Å². The van der Waals surface area contributed by atoms with Crippen LogP contribution in [0, 0.1) is 0 Å². The second-order valence-electron chi connectivity index (χ2n) is 4.35. The molecule has 0 aliphatic carbocycles. The van der Waals surface area contributed by atoms with Crippen LogP contribution in [0.5, 0.6) is 5.75 Å². The molecule has 0 saturated carbocycles. The Hall–Kier alpha value is -1.70. The van der Waals surface area contributed by atoms with Gasteiger partial charge in [0.25, 0.3) is 0 Å². The lowest BCUT2D eigenvalue weighted by molar-refractivity contribution is -0.155. The highest BCUT2D eigenvalue weighted by atomic mass is 35.5. The van der Waals surface area contributed by atoms with Crippen LogP contribution < -0.4 is 15.4 Å². The summed E-state index contributed by atoms with van der Waals surface area (Å²) >= 11 is 11.7. The first-order chi connectivity index (χ1) is 9.67. The molecule has 1 aromatic rings. The maximum atomic E-state index is 11.7. The van der Waals surface area contributed by atoms with E-state index in [-0.39, 0.29) is 21.5 Å². The number of anilines is 1. The van der Waals surface area contributed by atoms with E-state index in [9.17, 15) is 14.7 Å². The third-order valence-electron chi connectivity index (χ3n) is 2.54.